The number of nitrogens with one attached hydrogen (secondary N) is 1. The molecule has 1 aliphatic rings. The summed E-state index contributed by atoms with van der Waals surface area (Å²) < 4.78 is 27.1. The highest BCUT2D eigenvalue weighted by Crippen LogP contribution is 2.36. The molecule has 0 bridgehead atoms. The Bertz CT molecular complexity index is 1410. The molecule has 10 heteroatoms. The maximum absolute atomic E-state index is 13.4. The number of allylic oxidation sites excluding steroid dienone is 1. The lowest BCUT2D eigenvalue weighted by molar-refractivity contribution is -0.384. The third-order valence-electron chi connectivity index (χ3n) is 5.18. The largest absolute Gasteiger partial charge is 0.319 e. The number of nitro benzene ring substituents is 1. The van der Waals surface area contributed by atoms with Gasteiger partial charge in [0.2, 0.25) is 5.78 Å². The van der Waals surface area contributed by atoms with Gasteiger partial charge in [-0.05, 0) is 18.2 Å². The number of carbonyl (C=O) groups is 2. The Morgan fingerprint density at radius 3 is 2.12 bits per heavy atom. The third-order valence-corrected chi connectivity index (χ3v) is 6.99. The Kier molecular flexibility index (Phi) is 5.52. The zero-order valence-corrected chi connectivity index (χ0v) is 18.1. The first-order valence-corrected chi connectivity index (χ1v) is 11.1. The molecular weight excluding hydrogens is 446 g/mol. The molecule has 0 saturated carbocycles. The number of carbonyl (C=O) groups excluding carboxylic acids is 2. The highest BCUT2D eigenvalue weighted by Gasteiger charge is 2.38. The van der Waals surface area contributed by atoms with Crippen molar-refractivity contribution in [3.8, 4) is 0 Å². The molecule has 0 radical (unpaired) electrons. The van der Waals surface area contributed by atoms with E-state index in [4.69, 9.17) is 0 Å². The summed E-state index contributed by atoms with van der Waals surface area (Å²) in [5.41, 5.74) is 0.157. The zero-order chi connectivity index (χ0) is 23.8. The molecule has 3 aromatic carbocycles. The standard InChI is InChI=1S/C23H17N3O6S/c1-25-21(22(27)15-7-3-2-4-8-15)20(18-9-5-6-10-19(18)33(25,31)32)24-23(28)16-11-13-17(14-12-16)26(29)30/h2-14H,1H3,(H,24,28). The normalized spacial score (nSPS) is 14.4. The molecular formula is C23H17N3O6S. The summed E-state index contributed by atoms with van der Waals surface area (Å²) in [5, 5.41) is 13.5. The summed E-state index contributed by atoms with van der Waals surface area (Å²) >= 11 is 0. The first kappa shape index (κ1) is 21.9. The van der Waals surface area contributed by atoms with E-state index >= 15 is 0 Å². The van der Waals surface area contributed by atoms with E-state index in [2.05, 4.69) is 5.32 Å². The van der Waals surface area contributed by atoms with Gasteiger partial charge in [-0.1, -0.05) is 48.5 Å². The van der Waals surface area contributed by atoms with E-state index < -0.39 is 26.6 Å². The lowest BCUT2D eigenvalue weighted by Gasteiger charge is -2.31. The van der Waals surface area contributed by atoms with Crippen LogP contribution in [-0.2, 0) is 10.0 Å². The van der Waals surface area contributed by atoms with Crippen LogP contribution in [0.3, 0.4) is 0 Å². The van der Waals surface area contributed by atoms with Crippen LogP contribution in [0.4, 0.5) is 5.69 Å². The summed E-state index contributed by atoms with van der Waals surface area (Å²) in [6.07, 6.45) is 0. The minimum Gasteiger partial charge on any atom is -0.319 e. The number of Topliss-reactive ketones (excluding diaryl/α,β-unsaturated/α-hetero) is 1. The van der Waals surface area contributed by atoms with Crippen LogP contribution < -0.4 is 5.32 Å². The number of hydrogen-bond donors (Lipinski definition) is 1. The number of rotatable bonds is 5. The molecule has 0 unspecified atom stereocenters. The van der Waals surface area contributed by atoms with Crippen molar-refractivity contribution in [2.24, 2.45) is 0 Å². The zero-order valence-electron chi connectivity index (χ0n) is 17.3. The number of benzene rings is 3. The van der Waals surface area contributed by atoms with Gasteiger partial charge >= 0.3 is 0 Å². The Morgan fingerprint density at radius 1 is 0.879 bits per heavy atom. The number of fused-ring (bicyclic) bond motifs is 1. The fraction of sp³-hybridized carbons (Fsp3) is 0.0435. The second kappa shape index (κ2) is 8.32. The third kappa shape index (κ3) is 3.87. The summed E-state index contributed by atoms with van der Waals surface area (Å²) in [7, 11) is -2.79. The van der Waals surface area contributed by atoms with Crippen LogP contribution >= 0.6 is 0 Å². The van der Waals surface area contributed by atoms with Gasteiger partial charge < -0.3 is 5.32 Å². The van der Waals surface area contributed by atoms with Gasteiger partial charge in [-0.2, -0.15) is 0 Å². The summed E-state index contributed by atoms with van der Waals surface area (Å²) in [6.45, 7) is 0. The molecule has 1 heterocycles. The minimum absolute atomic E-state index is 0.0279. The highest BCUT2D eigenvalue weighted by atomic mass is 32.2. The van der Waals surface area contributed by atoms with Crippen LogP contribution in [0.5, 0.6) is 0 Å². The first-order chi connectivity index (χ1) is 15.7. The van der Waals surface area contributed by atoms with Gasteiger partial charge in [0.25, 0.3) is 21.6 Å². The Labute approximate surface area is 189 Å². The van der Waals surface area contributed by atoms with Crippen molar-refractivity contribution in [2.45, 2.75) is 4.90 Å². The first-order valence-electron chi connectivity index (χ1n) is 9.70. The molecule has 9 nitrogen and oxygen atoms in total. The summed E-state index contributed by atoms with van der Waals surface area (Å²) in [5.74, 6) is -1.24. The Balaban J connectivity index is 1.86. The molecule has 33 heavy (non-hydrogen) atoms. The number of hydrogen-bond acceptors (Lipinski definition) is 6. The van der Waals surface area contributed by atoms with Crippen molar-refractivity contribution in [3.05, 3.63) is 111 Å². The minimum atomic E-state index is -4.04. The van der Waals surface area contributed by atoms with Crippen molar-refractivity contribution in [1.82, 2.24) is 9.62 Å². The van der Waals surface area contributed by atoms with Crippen LogP contribution in [0.2, 0.25) is 0 Å². The van der Waals surface area contributed by atoms with E-state index in [9.17, 15) is 28.1 Å². The van der Waals surface area contributed by atoms with Gasteiger partial charge in [0.05, 0.1) is 15.5 Å². The van der Waals surface area contributed by atoms with E-state index in [-0.39, 0.29) is 38.7 Å². The molecule has 1 N–H and O–H groups in total. The molecule has 4 rings (SSSR count). The van der Waals surface area contributed by atoms with E-state index in [1.807, 2.05) is 0 Å². The molecule has 0 saturated heterocycles. The maximum atomic E-state index is 13.4. The lowest BCUT2D eigenvalue weighted by atomic mass is 10.0. The molecule has 0 aromatic heterocycles. The number of amides is 1. The van der Waals surface area contributed by atoms with Crippen LogP contribution in [0.15, 0.2) is 89.5 Å². The monoisotopic (exact) mass is 463 g/mol. The van der Waals surface area contributed by atoms with Gasteiger partial charge in [0.1, 0.15) is 5.70 Å². The molecule has 0 aliphatic carbocycles. The second-order valence-corrected chi connectivity index (χ2v) is 9.08. The lowest BCUT2D eigenvalue weighted by Crippen LogP contribution is -2.39. The maximum Gasteiger partial charge on any atom is 0.269 e. The molecule has 1 aliphatic heterocycles. The molecule has 1 amide bonds. The number of nitro groups is 1. The number of nitrogens with zero attached hydrogens (tertiary/aromatic N) is 2. The van der Waals surface area contributed by atoms with Crippen molar-refractivity contribution in [3.63, 3.8) is 0 Å². The van der Waals surface area contributed by atoms with Crippen molar-refractivity contribution in [1.29, 1.82) is 0 Å². The fourth-order valence-corrected chi connectivity index (χ4v) is 4.89. The van der Waals surface area contributed by atoms with Crippen LogP contribution in [0.1, 0.15) is 26.3 Å². The molecule has 166 valence electrons. The van der Waals surface area contributed by atoms with Gasteiger partial charge in [0, 0.05) is 35.9 Å². The molecule has 0 fully saturated rings. The van der Waals surface area contributed by atoms with Crippen molar-refractivity contribution >= 4 is 33.1 Å². The molecule has 0 atom stereocenters. The number of sulfonamides is 1. The van der Waals surface area contributed by atoms with Crippen LogP contribution in [0, 0.1) is 10.1 Å². The van der Waals surface area contributed by atoms with Gasteiger partial charge in [-0.25, -0.2) is 8.42 Å². The summed E-state index contributed by atoms with van der Waals surface area (Å²) in [6, 6.07) is 19.1. The molecule has 3 aromatic rings. The predicted molar refractivity (Wildman–Crippen MR) is 120 cm³/mol. The quantitative estimate of drug-likeness (QED) is 0.352. The van der Waals surface area contributed by atoms with Crippen LogP contribution in [-0.4, -0.2) is 36.4 Å². The topological polar surface area (TPSA) is 127 Å². The van der Waals surface area contributed by atoms with E-state index in [1.54, 1.807) is 42.5 Å². The SMILES string of the molecule is CN1C(C(=O)c2ccccc2)=C(NC(=O)c2ccc([N+](=O)[O-])cc2)c2ccccc2S1(=O)=O. The van der Waals surface area contributed by atoms with E-state index in [0.29, 0.717) is 0 Å². The predicted octanol–water partition coefficient (Wildman–Crippen LogP) is 3.21. The second-order valence-electron chi connectivity index (χ2n) is 7.15. The van der Waals surface area contributed by atoms with E-state index in [1.165, 1.54) is 43.4 Å². The van der Waals surface area contributed by atoms with Crippen molar-refractivity contribution < 1.29 is 22.9 Å². The average molecular weight is 463 g/mol. The van der Waals surface area contributed by atoms with Crippen LogP contribution in [0.25, 0.3) is 5.70 Å². The highest BCUT2D eigenvalue weighted by molar-refractivity contribution is 7.89. The van der Waals surface area contributed by atoms with E-state index in [0.717, 1.165) is 4.31 Å². The average Bonchev–Trinajstić information content (AvgIpc) is 2.83. The van der Waals surface area contributed by atoms with Gasteiger partial charge in [0.15, 0.2) is 0 Å². The fourth-order valence-electron chi connectivity index (χ4n) is 3.48. The molecule has 0 spiro atoms. The summed E-state index contributed by atoms with van der Waals surface area (Å²) in [4.78, 5) is 36.6. The Morgan fingerprint density at radius 2 is 1.48 bits per heavy atom. The number of likely N-dealkylation sites (N-methyl/N-ethyl adjacent to an activating group) is 1. The smallest absolute Gasteiger partial charge is 0.269 e. The Hall–Kier alpha value is -4.31. The number of non-ortho nitro benzene ring substituents is 1. The number of ketones is 1. The van der Waals surface area contributed by atoms with Gasteiger partial charge in [-0.15, -0.1) is 0 Å². The van der Waals surface area contributed by atoms with Gasteiger partial charge in [-0.3, -0.25) is 24.0 Å². The van der Waals surface area contributed by atoms with Crippen molar-refractivity contribution in [2.75, 3.05) is 7.05 Å².